The van der Waals surface area contributed by atoms with Gasteiger partial charge in [-0.05, 0) is 25.1 Å². The maximum Gasteiger partial charge on any atom is 0.417 e. The van der Waals surface area contributed by atoms with E-state index in [-0.39, 0.29) is 16.9 Å². The highest BCUT2D eigenvalue weighted by atomic mass is 35.5. The van der Waals surface area contributed by atoms with E-state index in [0.717, 1.165) is 39.3 Å². The molecule has 1 saturated heterocycles. The fourth-order valence-electron chi connectivity index (χ4n) is 3.93. The van der Waals surface area contributed by atoms with E-state index in [1.165, 1.54) is 6.07 Å². The molecule has 1 aliphatic rings. The van der Waals surface area contributed by atoms with E-state index in [2.05, 4.69) is 10.3 Å². The van der Waals surface area contributed by atoms with E-state index in [1.807, 2.05) is 0 Å². The number of carbonyl (C=O) groups is 2. The van der Waals surface area contributed by atoms with E-state index in [1.54, 1.807) is 0 Å². The molecule has 0 aliphatic carbocycles. The first kappa shape index (κ1) is 25.6. The number of nitrogens with zero attached hydrogens (tertiary/aromatic N) is 1. The van der Waals surface area contributed by atoms with Gasteiger partial charge in [-0.2, -0.15) is 17.6 Å². The van der Waals surface area contributed by atoms with Gasteiger partial charge in [0, 0.05) is 29.3 Å². The molecular weight excluding hydrogens is 489 g/mol. The second-order valence-electron chi connectivity index (χ2n) is 7.85. The maximum atomic E-state index is 14.5. The Bertz CT molecular complexity index is 1150. The number of halogens is 6. The van der Waals surface area contributed by atoms with Crippen LogP contribution < -0.4 is 15.8 Å². The molecule has 1 fully saturated rings. The summed E-state index contributed by atoms with van der Waals surface area (Å²) in [6.45, 7) is 1.92. The Morgan fingerprint density at radius 1 is 1.26 bits per heavy atom. The van der Waals surface area contributed by atoms with Gasteiger partial charge < -0.3 is 20.5 Å². The molecule has 2 amide bonds. The molecule has 0 unspecified atom stereocenters. The number of hydrogen-bond acceptors (Lipinski definition) is 5. The molecule has 2 aromatic rings. The number of alkyl halides is 3. The minimum atomic E-state index is -4.93. The number of benzene rings is 1. The number of amides is 2. The van der Waals surface area contributed by atoms with Crippen LogP contribution in [0.15, 0.2) is 24.4 Å². The van der Waals surface area contributed by atoms with Crippen LogP contribution in [-0.2, 0) is 9.53 Å². The van der Waals surface area contributed by atoms with E-state index < -0.39 is 63.9 Å². The van der Waals surface area contributed by atoms with Crippen LogP contribution in [-0.4, -0.2) is 41.8 Å². The van der Waals surface area contributed by atoms with Gasteiger partial charge in [0.25, 0.3) is 11.8 Å². The third kappa shape index (κ3) is 4.27. The summed E-state index contributed by atoms with van der Waals surface area (Å²) in [4.78, 5) is 28.1. The van der Waals surface area contributed by atoms with Gasteiger partial charge in [0.2, 0.25) is 5.82 Å². The Labute approximate surface area is 195 Å². The summed E-state index contributed by atoms with van der Waals surface area (Å²) in [5, 5.41) is 1.64. The molecule has 4 atom stereocenters. The number of carbonyl (C=O) groups excluding carboxylic acids is 2. The molecule has 1 aromatic carbocycles. The van der Waals surface area contributed by atoms with Gasteiger partial charge in [-0.1, -0.05) is 18.5 Å². The summed E-state index contributed by atoms with van der Waals surface area (Å²) in [6.07, 6.45) is -5.60. The Morgan fingerprint density at radius 3 is 2.47 bits per heavy atom. The van der Waals surface area contributed by atoms with Crippen molar-refractivity contribution in [2.24, 2.45) is 11.7 Å². The Hall–Kier alpha value is -2.99. The molecule has 1 aliphatic heterocycles. The van der Waals surface area contributed by atoms with Gasteiger partial charge in [-0.3, -0.25) is 14.6 Å². The number of anilines is 1. The highest BCUT2D eigenvalue weighted by Crippen LogP contribution is 2.55. The highest BCUT2D eigenvalue weighted by Gasteiger charge is 2.66. The lowest BCUT2D eigenvalue weighted by molar-refractivity contribution is -0.272. The van der Waals surface area contributed by atoms with Crippen LogP contribution in [0.3, 0.4) is 0 Å². The van der Waals surface area contributed by atoms with Gasteiger partial charge in [0.1, 0.15) is 11.8 Å². The van der Waals surface area contributed by atoms with Crippen LogP contribution >= 0.6 is 11.6 Å². The average molecular weight is 508 g/mol. The van der Waals surface area contributed by atoms with E-state index >= 15 is 0 Å². The first-order chi connectivity index (χ1) is 15.7. The van der Waals surface area contributed by atoms with Crippen molar-refractivity contribution in [3.8, 4) is 5.75 Å². The zero-order chi connectivity index (χ0) is 25.6. The smallest absolute Gasteiger partial charge is 0.417 e. The summed E-state index contributed by atoms with van der Waals surface area (Å²) < 4.78 is 80.7. The molecule has 0 bridgehead atoms. The van der Waals surface area contributed by atoms with Gasteiger partial charge in [0.05, 0.1) is 12.1 Å². The summed E-state index contributed by atoms with van der Waals surface area (Å²) in [6, 6.07) is 3.30. The summed E-state index contributed by atoms with van der Waals surface area (Å²) >= 11 is 5.75. The number of ether oxygens (including phenoxy) is 2. The second kappa shape index (κ2) is 8.99. The summed E-state index contributed by atoms with van der Waals surface area (Å²) in [7, 11) is 0.996. The number of methoxy groups -OCH3 is 1. The van der Waals surface area contributed by atoms with Crippen LogP contribution in [0.5, 0.6) is 5.75 Å². The van der Waals surface area contributed by atoms with Crippen molar-refractivity contribution in [1.29, 1.82) is 0 Å². The first-order valence-corrected chi connectivity index (χ1v) is 10.1. The summed E-state index contributed by atoms with van der Waals surface area (Å²) in [5.74, 6) is -8.53. The third-order valence-corrected chi connectivity index (χ3v) is 6.19. The van der Waals surface area contributed by atoms with Crippen molar-refractivity contribution in [3.63, 3.8) is 0 Å². The molecule has 3 rings (SSSR count). The first-order valence-electron chi connectivity index (χ1n) is 9.75. The quantitative estimate of drug-likeness (QED) is 0.466. The monoisotopic (exact) mass is 507 g/mol. The fourth-order valence-corrected chi connectivity index (χ4v) is 4.13. The van der Waals surface area contributed by atoms with Gasteiger partial charge in [-0.25, -0.2) is 4.39 Å². The Kier molecular flexibility index (Phi) is 6.78. The normalized spacial score (nSPS) is 24.7. The Balaban J connectivity index is 2.12. The Morgan fingerprint density at radius 2 is 1.91 bits per heavy atom. The number of rotatable bonds is 5. The molecule has 2 heterocycles. The topological polar surface area (TPSA) is 104 Å². The number of pyridine rings is 1. The molecule has 1 aromatic heterocycles. The minimum absolute atomic E-state index is 0.000279. The van der Waals surface area contributed by atoms with Crippen molar-refractivity contribution < 1.29 is 41.0 Å². The molecule has 0 radical (unpaired) electrons. The SMILES string of the molecule is COc1c([C@@H]2[C@H](C(=O)Nc3ccnc(C(N)=O)c3)O[C@](C)(C(F)(F)F)[C@H]2C)cc(Cl)c(F)c1F. The van der Waals surface area contributed by atoms with Crippen molar-refractivity contribution in [3.05, 3.63) is 52.3 Å². The van der Waals surface area contributed by atoms with E-state index in [0.29, 0.717) is 0 Å². The predicted molar refractivity (Wildman–Crippen MR) is 111 cm³/mol. The van der Waals surface area contributed by atoms with Gasteiger partial charge in [0.15, 0.2) is 17.2 Å². The fraction of sp³-hybridized carbons (Fsp3) is 0.381. The molecule has 7 nitrogen and oxygen atoms in total. The lowest BCUT2D eigenvalue weighted by Crippen LogP contribution is -2.47. The van der Waals surface area contributed by atoms with Crippen molar-refractivity contribution in [2.45, 2.75) is 37.6 Å². The molecule has 3 N–H and O–H groups in total. The molecule has 0 saturated carbocycles. The highest BCUT2D eigenvalue weighted by molar-refractivity contribution is 6.30. The van der Waals surface area contributed by atoms with E-state index in [9.17, 15) is 31.5 Å². The number of hydrogen-bond donors (Lipinski definition) is 2. The molecule has 184 valence electrons. The third-order valence-electron chi connectivity index (χ3n) is 5.92. The number of aromatic nitrogens is 1. The molecule has 0 spiro atoms. The van der Waals surface area contributed by atoms with Crippen LogP contribution in [0, 0.1) is 17.6 Å². The minimum Gasteiger partial charge on any atom is -0.493 e. The zero-order valence-electron chi connectivity index (χ0n) is 18.0. The van der Waals surface area contributed by atoms with Crippen molar-refractivity contribution in [1.82, 2.24) is 4.98 Å². The van der Waals surface area contributed by atoms with Crippen LogP contribution in [0.4, 0.5) is 27.6 Å². The number of nitrogens with one attached hydrogen (secondary N) is 1. The predicted octanol–water partition coefficient (Wildman–Crippen LogP) is 4.20. The molecule has 34 heavy (non-hydrogen) atoms. The standard InChI is InChI=1S/C21H19ClF5N3O4/c1-8-13(10-7-11(22)14(23)15(24)16(10)33-3)17(34-20(8,2)21(25,26)27)19(32)30-9-4-5-29-12(6-9)18(28)31/h4-8,13,17H,1-3H3,(H2,28,31)(H,29,30,32)/t8-,13+,17+,20-/m0/s1. The number of primary amides is 1. The second-order valence-corrected chi connectivity index (χ2v) is 8.26. The zero-order valence-corrected chi connectivity index (χ0v) is 18.7. The number of nitrogens with two attached hydrogens (primary N) is 1. The van der Waals surface area contributed by atoms with Crippen LogP contribution in [0.1, 0.15) is 35.8 Å². The summed E-state index contributed by atoms with van der Waals surface area (Å²) in [5.41, 5.74) is 1.83. The van der Waals surface area contributed by atoms with Crippen molar-refractivity contribution >= 4 is 29.1 Å². The lowest BCUT2D eigenvalue weighted by atomic mass is 9.77. The van der Waals surface area contributed by atoms with E-state index in [4.69, 9.17) is 26.8 Å². The van der Waals surface area contributed by atoms with Gasteiger partial charge in [-0.15, -0.1) is 0 Å². The van der Waals surface area contributed by atoms with Crippen molar-refractivity contribution in [2.75, 3.05) is 12.4 Å². The lowest BCUT2D eigenvalue weighted by Gasteiger charge is -2.32. The molecule has 13 heteroatoms. The van der Waals surface area contributed by atoms with Crippen LogP contribution in [0.2, 0.25) is 5.02 Å². The maximum absolute atomic E-state index is 14.5. The van der Waals surface area contributed by atoms with Gasteiger partial charge >= 0.3 is 6.18 Å². The average Bonchev–Trinajstić information content (AvgIpc) is 3.04. The largest absolute Gasteiger partial charge is 0.493 e. The molecular formula is C21H19ClF5N3O4. The van der Waals surface area contributed by atoms with Crippen LogP contribution in [0.25, 0.3) is 0 Å².